The highest BCUT2D eigenvalue weighted by Gasteiger charge is 2.35. The van der Waals surface area contributed by atoms with Gasteiger partial charge in [-0.25, -0.2) is 13.2 Å². The molecule has 2 aliphatic rings. The van der Waals surface area contributed by atoms with Crippen LogP contribution in [-0.2, 0) is 45.4 Å². The third kappa shape index (κ3) is 4.15. The molecular formula is C23H28N2O5S2. The van der Waals surface area contributed by atoms with Gasteiger partial charge in [0.15, 0.2) is 4.21 Å². The fourth-order valence-corrected chi connectivity index (χ4v) is 7.34. The van der Waals surface area contributed by atoms with Gasteiger partial charge in [-0.05, 0) is 60.9 Å². The topological polar surface area (TPSA) is 92.8 Å². The lowest BCUT2D eigenvalue weighted by Gasteiger charge is -2.29. The summed E-state index contributed by atoms with van der Waals surface area (Å²) in [6.45, 7) is 4.62. The van der Waals surface area contributed by atoms with Crippen molar-refractivity contribution in [2.75, 3.05) is 18.4 Å². The molecular weight excluding hydrogens is 448 g/mol. The maximum absolute atomic E-state index is 13.3. The number of anilines is 1. The molecule has 0 fully saturated rings. The number of sulfonamides is 1. The van der Waals surface area contributed by atoms with E-state index in [-0.39, 0.29) is 21.6 Å². The minimum absolute atomic E-state index is 0.0480. The van der Waals surface area contributed by atoms with Gasteiger partial charge in [0.05, 0.1) is 19.2 Å². The van der Waals surface area contributed by atoms with Gasteiger partial charge in [-0.15, -0.1) is 11.3 Å². The second-order valence-corrected chi connectivity index (χ2v) is 11.4. The molecule has 0 bridgehead atoms. The van der Waals surface area contributed by atoms with Crippen molar-refractivity contribution in [2.24, 2.45) is 5.92 Å². The van der Waals surface area contributed by atoms with Crippen LogP contribution in [0.5, 0.6) is 0 Å². The molecule has 32 heavy (non-hydrogen) atoms. The molecule has 1 N–H and O–H groups in total. The average Bonchev–Trinajstić information content (AvgIpc) is 3.41. The van der Waals surface area contributed by atoms with Crippen molar-refractivity contribution in [1.82, 2.24) is 4.90 Å². The summed E-state index contributed by atoms with van der Waals surface area (Å²) in [5, 5.41) is 0. The number of fused-ring (bicyclic) bond motifs is 2. The third-order valence-corrected chi connectivity index (χ3v) is 9.47. The maximum Gasteiger partial charge on any atom is 0.340 e. The van der Waals surface area contributed by atoms with Gasteiger partial charge in [-0.2, -0.15) is 0 Å². The molecule has 1 atom stereocenters. The summed E-state index contributed by atoms with van der Waals surface area (Å²) < 4.78 is 34.2. The van der Waals surface area contributed by atoms with Crippen LogP contribution in [0.15, 0.2) is 22.4 Å². The summed E-state index contributed by atoms with van der Waals surface area (Å²) in [4.78, 5) is 27.7. The van der Waals surface area contributed by atoms with Crippen LogP contribution < -0.4 is 4.72 Å². The standard InChI is InChI=1S/C23H28N2O5S2/c1-4-14(2)21(26)25-11-10-18-19(13-25)31-23(20(18)22(27)30-3)32(28,29)24-17-9-8-15-6-5-7-16(15)12-17/h8-9,12,14,24H,4-7,10-11,13H2,1-3H3/t14-/m0/s1. The summed E-state index contributed by atoms with van der Waals surface area (Å²) in [7, 11) is -2.76. The Morgan fingerprint density at radius 1 is 1.22 bits per heavy atom. The quantitative estimate of drug-likeness (QED) is 0.641. The molecule has 1 amide bonds. The summed E-state index contributed by atoms with van der Waals surface area (Å²) in [6.07, 6.45) is 4.18. The van der Waals surface area contributed by atoms with Crippen LogP contribution in [0.3, 0.4) is 0 Å². The highest BCUT2D eigenvalue weighted by Crippen LogP contribution is 2.38. The van der Waals surface area contributed by atoms with Crippen molar-refractivity contribution in [3.8, 4) is 0 Å². The van der Waals surface area contributed by atoms with E-state index in [9.17, 15) is 18.0 Å². The predicted molar refractivity (Wildman–Crippen MR) is 124 cm³/mol. The van der Waals surface area contributed by atoms with Crippen molar-refractivity contribution >= 4 is 38.9 Å². The van der Waals surface area contributed by atoms with Crippen molar-refractivity contribution in [3.05, 3.63) is 45.3 Å². The number of aryl methyl sites for hydroxylation is 2. The molecule has 0 saturated carbocycles. The summed E-state index contributed by atoms with van der Waals surface area (Å²) in [5.41, 5.74) is 3.66. The number of carbonyl (C=O) groups excluding carboxylic acids is 2. The van der Waals surface area contributed by atoms with Gasteiger partial charge < -0.3 is 9.64 Å². The number of hydrogen-bond acceptors (Lipinski definition) is 6. The van der Waals surface area contributed by atoms with Crippen molar-refractivity contribution in [1.29, 1.82) is 0 Å². The number of rotatable bonds is 6. The molecule has 1 aliphatic heterocycles. The van der Waals surface area contributed by atoms with Crippen LogP contribution in [0, 0.1) is 5.92 Å². The first-order valence-corrected chi connectivity index (χ1v) is 13.2. The number of methoxy groups -OCH3 is 1. The number of carbonyl (C=O) groups is 2. The van der Waals surface area contributed by atoms with Crippen LogP contribution in [0.2, 0.25) is 0 Å². The van der Waals surface area contributed by atoms with E-state index in [0.717, 1.165) is 47.5 Å². The fraction of sp³-hybridized carbons (Fsp3) is 0.478. The summed E-state index contributed by atoms with van der Waals surface area (Å²) >= 11 is 1.05. The highest BCUT2D eigenvalue weighted by molar-refractivity contribution is 7.94. The third-order valence-electron chi connectivity index (χ3n) is 6.35. The number of nitrogens with one attached hydrogen (secondary N) is 1. The Hall–Kier alpha value is -2.39. The molecule has 4 rings (SSSR count). The van der Waals surface area contributed by atoms with E-state index in [1.807, 2.05) is 26.0 Å². The second kappa shape index (κ2) is 8.86. The van der Waals surface area contributed by atoms with Gasteiger partial charge in [0.2, 0.25) is 5.91 Å². The molecule has 7 nitrogen and oxygen atoms in total. The van der Waals surface area contributed by atoms with Crippen molar-refractivity contribution in [3.63, 3.8) is 0 Å². The molecule has 1 aromatic carbocycles. The monoisotopic (exact) mass is 476 g/mol. The summed E-state index contributed by atoms with van der Waals surface area (Å²) in [6, 6.07) is 5.59. The Balaban J connectivity index is 1.68. The lowest BCUT2D eigenvalue weighted by Crippen LogP contribution is -2.38. The Morgan fingerprint density at radius 3 is 2.69 bits per heavy atom. The van der Waals surface area contributed by atoms with Gasteiger partial charge in [-0.1, -0.05) is 19.9 Å². The minimum atomic E-state index is -4.01. The zero-order valence-corrected chi connectivity index (χ0v) is 20.2. The zero-order chi connectivity index (χ0) is 23.0. The molecule has 2 heterocycles. The van der Waals surface area contributed by atoms with Gasteiger partial charge in [-0.3, -0.25) is 9.52 Å². The molecule has 0 radical (unpaired) electrons. The second-order valence-electron chi connectivity index (χ2n) is 8.42. The first kappa shape index (κ1) is 22.8. The molecule has 9 heteroatoms. The summed E-state index contributed by atoms with van der Waals surface area (Å²) in [5.74, 6) is -0.716. The van der Waals surface area contributed by atoms with Crippen LogP contribution >= 0.6 is 11.3 Å². The number of amides is 1. The Labute approximate surface area is 192 Å². The van der Waals surface area contributed by atoms with E-state index in [1.165, 1.54) is 12.7 Å². The van der Waals surface area contributed by atoms with Crippen molar-refractivity contribution in [2.45, 2.75) is 56.7 Å². The highest BCUT2D eigenvalue weighted by atomic mass is 32.2. The Morgan fingerprint density at radius 2 is 1.97 bits per heavy atom. The van der Waals surface area contributed by atoms with Crippen LogP contribution in [0.25, 0.3) is 0 Å². The van der Waals surface area contributed by atoms with Crippen molar-refractivity contribution < 1.29 is 22.7 Å². The molecule has 172 valence electrons. The molecule has 0 unspecified atom stereocenters. The van der Waals surface area contributed by atoms with Crippen LogP contribution in [0.4, 0.5) is 5.69 Å². The zero-order valence-electron chi connectivity index (χ0n) is 18.6. The van der Waals surface area contributed by atoms with E-state index in [4.69, 9.17) is 4.74 Å². The largest absolute Gasteiger partial charge is 0.465 e. The van der Waals surface area contributed by atoms with E-state index in [2.05, 4.69) is 4.72 Å². The SMILES string of the molecule is CC[C@H](C)C(=O)N1CCc2c(sc(S(=O)(=O)Nc3ccc4c(c3)CCC4)c2C(=O)OC)C1. The Kier molecular flexibility index (Phi) is 6.31. The minimum Gasteiger partial charge on any atom is -0.465 e. The van der Waals surface area contributed by atoms with Gasteiger partial charge in [0, 0.05) is 23.0 Å². The lowest BCUT2D eigenvalue weighted by molar-refractivity contribution is -0.135. The molecule has 0 saturated heterocycles. The average molecular weight is 477 g/mol. The fourth-order valence-electron chi connectivity index (χ4n) is 4.39. The van der Waals surface area contributed by atoms with E-state index < -0.39 is 16.0 Å². The van der Waals surface area contributed by atoms with Crippen LogP contribution in [0.1, 0.15) is 58.6 Å². The number of hydrogen-bond donors (Lipinski definition) is 1. The Bertz CT molecular complexity index is 1170. The number of esters is 1. The first-order valence-electron chi connectivity index (χ1n) is 10.9. The van der Waals surface area contributed by atoms with E-state index in [0.29, 0.717) is 30.8 Å². The molecule has 1 aliphatic carbocycles. The van der Waals surface area contributed by atoms with Crippen LogP contribution in [-0.4, -0.2) is 38.8 Å². The molecule has 2 aromatic rings. The number of nitrogens with zero attached hydrogens (tertiary/aromatic N) is 1. The number of thiophene rings is 1. The van der Waals surface area contributed by atoms with Gasteiger partial charge in [0.1, 0.15) is 0 Å². The van der Waals surface area contributed by atoms with Gasteiger partial charge >= 0.3 is 5.97 Å². The molecule has 1 aromatic heterocycles. The van der Waals surface area contributed by atoms with E-state index >= 15 is 0 Å². The first-order chi connectivity index (χ1) is 15.2. The molecule has 0 spiro atoms. The number of benzene rings is 1. The number of ether oxygens (including phenoxy) is 1. The lowest BCUT2D eigenvalue weighted by atomic mass is 10.0. The smallest absolute Gasteiger partial charge is 0.340 e. The predicted octanol–water partition coefficient (Wildman–Crippen LogP) is 3.76. The van der Waals surface area contributed by atoms with E-state index in [1.54, 1.807) is 11.0 Å². The van der Waals surface area contributed by atoms with Gasteiger partial charge in [0.25, 0.3) is 10.0 Å². The maximum atomic E-state index is 13.3. The normalized spacial score (nSPS) is 16.3.